The number of primary amides is 1. The standard InChI is InChI=1S/C21H18FN3O2S/c22-15-9-11-16(12-10-15)25-21(27)19(14-5-2-1-3-6-14)28-13-17-7-4-8-18(24-17)20(23)26/h1-12,19H,13H2,(H2,23,26)(H,25,27). The second-order valence-corrected chi connectivity index (χ2v) is 7.07. The molecule has 0 aliphatic heterocycles. The molecule has 1 heterocycles. The Labute approximate surface area is 166 Å². The van der Waals surface area contributed by atoms with Crippen LogP contribution in [0.1, 0.15) is 27.0 Å². The topological polar surface area (TPSA) is 85.1 Å². The van der Waals surface area contributed by atoms with Gasteiger partial charge in [0.2, 0.25) is 5.91 Å². The number of rotatable bonds is 7. The van der Waals surface area contributed by atoms with Gasteiger partial charge < -0.3 is 11.1 Å². The van der Waals surface area contributed by atoms with E-state index >= 15 is 0 Å². The summed E-state index contributed by atoms with van der Waals surface area (Å²) in [6.45, 7) is 0. The number of nitrogens with one attached hydrogen (secondary N) is 1. The Morgan fingerprint density at radius 3 is 2.39 bits per heavy atom. The van der Waals surface area contributed by atoms with Gasteiger partial charge in [0, 0.05) is 11.4 Å². The van der Waals surface area contributed by atoms with E-state index in [1.807, 2.05) is 30.3 Å². The molecule has 2 aromatic carbocycles. The van der Waals surface area contributed by atoms with Gasteiger partial charge in [-0.2, -0.15) is 0 Å². The largest absolute Gasteiger partial charge is 0.364 e. The van der Waals surface area contributed by atoms with Gasteiger partial charge in [0.05, 0.1) is 5.69 Å². The van der Waals surface area contributed by atoms with Crippen molar-refractivity contribution in [3.63, 3.8) is 0 Å². The molecule has 0 saturated carbocycles. The quantitative estimate of drug-likeness (QED) is 0.635. The van der Waals surface area contributed by atoms with Crippen LogP contribution in [-0.4, -0.2) is 16.8 Å². The van der Waals surface area contributed by atoms with Gasteiger partial charge in [-0.3, -0.25) is 9.59 Å². The first-order chi connectivity index (χ1) is 13.5. The fraction of sp³-hybridized carbons (Fsp3) is 0.0952. The number of pyridine rings is 1. The molecule has 7 heteroatoms. The van der Waals surface area contributed by atoms with E-state index in [4.69, 9.17) is 5.73 Å². The molecular weight excluding hydrogens is 377 g/mol. The second-order valence-electron chi connectivity index (χ2n) is 5.98. The molecule has 1 aromatic heterocycles. The predicted molar refractivity (Wildman–Crippen MR) is 108 cm³/mol. The summed E-state index contributed by atoms with van der Waals surface area (Å²) in [6, 6.07) is 20.0. The van der Waals surface area contributed by atoms with Gasteiger partial charge in [-0.1, -0.05) is 36.4 Å². The molecule has 0 spiro atoms. The van der Waals surface area contributed by atoms with Crippen LogP contribution in [-0.2, 0) is 10.5 Å². The number of amides is 2. The molecule has 0 aliphatic carbocycles. The Kier molecular flexibility index (Phi) is 6.39. The van der Waals surface area contributed by atoms with E-state index in [1.165, 1.54) is 36.0 Å². The third-order valence-corrected chi connectivity index (χ3v) is 5.19. The summed E-state index contributed by atoms with van der Waals surface area (Å²) in [5.41, 5.74) is 7.46. The SMILES string of the molecule is NC(=O)c1cccc(CSC(C(=O)Nc2ccc(F)cc2)c2ccccc2)n1. The van der Waals surface area contributed by atoms with Gasteiger partial charge in [0.1, 0.15) is 16.8 Å². The average molecular weight is 395 g/mol. The van der Waals surface area contributed by atoms with Crippen molar-refractivity contribution in [1.82, 2.24) is 4.98 Å². The van der Waals surface area contributed by atoms with E-state index in [0.717, 1.165) is 5.56 Å². The molecule has 2 amide bonds. The van der Waals surface area contributed by atoms with Gasteiger partial charge in [0.25, 0.3) is 5.91 Å². The summed E-state index contributed by atoms with van der Waals surface area (Å²) in [5, 5.41) is 2.30. The van der Waals surface area contributed by atoms with E-state index < -0.39 is 11.2 Å². The first-order valence-electron chi connectivity index (χ1n) is 8.51. The van der Waals surface area contributed by atoms with Crippen molar-refractivity contribution in [2.45, 2.75) is 11.0 Å². The molecule has 5 nitrogen and oxygen atoms in total. The lowest BCUT2D eigenvalue weighted by molar-refractivity contribution is -0.115. The molecule has 0 bridgehead atoms. The number of hydrogen-bond acceptors (Lipinski definition) is 4. The summed E-state index contributed by atoms with van der Waals surface area (Å²) < 4.78 is 13.1. The maximum atomic E-state index is 13.1. The highest BCUT2D eigenvalue weighted by molar-refractivity contribution is 7.99. The highest BCUT2D eigenvalue weighted by atomic mass is 32.2. The molecular formula is C21H18FN3O2S. The van der Waals surface area contributed by atoms with E-state index in [-0.39, 0.29) is 17.4 Å². The molecule has 0 aliphatic rings. The number of halogens is 1. The number of anilines is 1. The van der Waals surface area contributed by atoms with Crippen LogP contribution in [0.5, 0.6) is 0 Å². The third kappa shape index (κ3) is 5.17. The predicted octanol–water partition coefficient (Wildman–Crippen LogP) is 3.93. The van der Waals surface area contributed by atoms with Gasteiger partial charge in [-0.05, 0) is 42.0 Å². The molecule has 1 unspecified atom stereocenters. The van der Waals surface area contributed by atoms with Crippen LogP contribution in [0.4, 0.5) is 10.1 Å². The van der Waals surface area contributed by atoms with Crippen LogP contribution >= 0.6 is 11.8 Å². The Morgan fingerprint density at radius 2 is 1.71 bits per heavy atom. The summed E-state index contributed by atoms with van der Waals surface area (Å²) >= 11 is 1.38. The summed E-state index contributed by atoms with van der Waals surface area (Å²) in [6.07, 6.45) is 0. The van der Waals surface area contributed by atoms with Crippen LogP contribution in [0.25, 0.3) is 0 Å². The van der Waals surface area contributed by atoms with Crippen molar-refractivity contribution in [3.8, 4) is 0 Å². The fourth-order valence-corrected chi connectivity index (χ4v) is 3.62. The van der Waals surface area contributed by atoms with E-state index in [0.29, 0.717) is 17.1 Å². The number of thioether (sulfide) groups is 1. The van der Waals surface area contributed by atoms with E-state index in [1.54, 1.807) is 18.2 Å². The molecule has 0 radical (unpaired) electrons. The molecule has 0 fully saturated rings. The highest BCUT2D eigenvalue weighted by Gasteiger charge is 2.22. The zero-order valence-corrected chi connectivity index (χ0v) is 15.7. The lowest BCUT2D eigenvalue weighted by Crippen LogP contribution is -2.19. The number of benzene rings is 2. The molecule has 0 saturated heterocycles. The minimum atomic E-state index is -0.597. The molecule has 3 rings (SSSR count). The van der Waals surface area contributed by atoms with Crippen molar-refractivity contribution >= 4 is 29.3 Å². The molecule has 142 valence electrons. The first kappa shape index (κ1) is 19.6. The number of carbonyl (C=O) groups excluding carboxylic acids is 2. The van der Waals surface area contributed by atoms with Gasteiger partial charge in [-0.15, -0.1) is 11.8 Å². The number of carbonyl (C=O) groups is 2. The van der Waals surface area contributed by atoms with Gasteiger partial charge in [-0.25, -0.2) is 9.37 Å². The van der Waals surface area contributed by atoms with Crippen LogP contribution in [0.15, 0.2) is 72.8 Å². The van der Waals surface area contributed by atoms with E-state index in [9.17, 15) is 14.0 Å². The zero-order valence-electron chi connectivity index (χ0n) is 14.8. The number of aromatic nitrogens is 1. The van der Waals surface area contributed by atoms with E-state index in [2.05, 4.69) is 10.3 Å². The van der Waals surface area contributed by atoms with Crippen LogP contribution in [0.2, 0.25) is 0 Å². The Hall–Kier alpha value is -3.19. The third-order valence-electron chi connectivity index (χ3n) is 3.91. The van der Waals surface area contributed by atoms with Gasteiger partial charge in [0.15, 0.2) is 0 Å². The number of nitrogens with zero attached hydrogens (tertiary/aromatic N) is 1. The lowest BCUT2D eigenvalue weighted by Gasteiger charge is -2.17. The molecule has 3 aromatic rings. The van der Waals surface area contributed by atoms with Crippen molar-refractivity contribution in [1.29, 1.82) is 0 Å². The van der Waals surface area contributed by atoms with Crippen molar-refractivity contribution in [3.05, 3.63) is 95.6 Å². The average Bonchev–Trinajstić information content (AvgIpc) is 2.71. The second kappa shape index (κ2) is 9.14. The monoisotopic (exact) mass is 395 g/mol. The lowest BCUT2D eigenvalue weighted by atomic mass is 10.1. The number of hydrogen-bond donors (Lipinski definition) is 2. The minimum Gasteiger partial charge on any atom is -0.364 e. The Morgan fingerprint density at radius 1 is 1.00 bits per heavy atom. The Bertz CT molecular complexity index is 965. The van der Waals surface area contributed by atoms with Crippen molar-refractivity contribution in [2.75, 3.05) is 5.32 Å². The first-order valence-corrected chi connectivity index (χ1v) is 9.56. The summed E-state index contributed by atoms with van der Waals surface area (Å²) in [5.74, 6) is -0.779. The maximum Gasteiger partial charge on any atom is 0.267 e. The smallest absolute Gasteiger partial charge is 0.267 e. The fourth-order valence-electron chi connectivity index (χ4n) is 2.56. The zero-order chi connectivity index (χ0) is 19.9. The molecule has 1 atom stereocenters. The molecule has 28 heavy (non-hydrogen) atoms. The summed E-state index contributed by atoms with van der Waals surface area (Å²) in [4.78, 5) is 28.4. The van der Waals surface area contributed by atoms with Gasteiger partial charge >= 0.3 is 0 Å². The summed E-state index contributed by atoms with van der Waals surface area (Å²) in [7, 11) is 0. The Balaban J connectivity index is 1.77. The van der Waals surface area contributed by atoms with Crippen LogP contribution in [0, 0.1) is 5.82 Å². The maximum absolute atomic E-state index is 13.1. The van der Waals surface area contributed by atoms with Crippen LogP contribution < -0.4 is 11.1 Å². The normalized spacial score (nSPS) is 11.6. The highest BCUT2D eigenvalue weighted by Crippen LogP contribution is 2.32. The number of nitrogens with two attached hydrogens (primary N) is 1. The van der Waals surface area contributed by atoms with Crippen molar-refractivity contribution in [2.24, 2.45) is 5.73 Å². The van der Waals surface area contributed by atoms with Crippen LogP contribution in [0.3, 0.4) is 0 Å². The molecule has 3 N–H and O–H groups in total. The van der Waals surface area contributed by atoms with Crippen molar-refractivity contribution < 1.29 is 14.0 Å². The minimum absolute atomic E-state index is 0.185.